The van der Waals surface area contributed by atoms with Gasteiger partial charge in [-0.05, 0) is 24.3 Å². The Balaban J connectivity index is 2.35. The van der Waals surface area contributed by atoms with E-state index in [-0.39, 0.29) is 20.5 Å². The number of benzene rings is 1. The average molecular weight is 424 g/mol. The van der Waals surface area contributed by atoms with E-state index in [1.807, 2.05) is 0 Å². The van der Waals surface area contributed by atoms with E-state index in [1.165, 1.54) is 24.3 Å². The fraction of sp³-hybridized carbons (Fsp3) is 0.154. The van der Waals surface area contributed by atoms with Crippen molar-refractivity contribution in [3.63, 3.8) is 0 Å². The highest BCUT2D eigenvalue weighted by molar-refractivity contribution is 9.10. The Labute approximate surface area is 147 Å². The maximum Gasteiger partial charge on any atom is 0.387 e. The Morgan fingerprint density at radius 3 is 2.83 bits per heavy atom. The van der Waals surface area contributed by atoms with E-state index in [4.69, 9.17) is 17.3 Å². The molecule has 1 saturated heterocycles. The number of carbonyl (C=O) groups is 2. The first kappa shape index (κ1) is 17.8. The van der Waals surface area contributed by atoms with E-state index in [2.05, 4.69) is 20.7 Å². The second-order valence-corrected chi connectivity index (χ2v) is 6.81. The van der Waals surface area contributed by atoms with Crippen LogP contribution in [0.3, 0.4) is 0 Å². The van der Waals surface area contributed by atoms with Gasteiger partial charge in [0.05, 0.1) is 4.91 Å². The Hall–Kier alpha value is -1.52. The molecule has 0 radical (unpaired) electrons. The minimum Gasteiger partial charge on any atom is -0.480 e. The number of ether oxygens (including phenoxy) is 1. The highest BCUT2D eigenvalue weighted by Crippen LogP contribution is 2.35. The summed E-state index contributed by atoms with van der Waals surface area (Å²) < 4.78 is 30.0. The van der Waals surface area contributed by atoms with E-state index < -0.39 is 25.0 Å². The number of thiocarbonyl (C=S) groups is 1. The highest BCUT2D eigenvalue weighted by Gasteiger charge is 2.33. The number of aliphatic carboxylic acids is 1. The van der Waals surface area contributed by atoms with Crippen molar-refractivity contribution in [1.29, 1.82) is 0 Å². The number of carboxylic acid groups (broad SMARTS) is 1. The molecule has 1 aromatic carbocycles. The molecule has 1 heterocycles. The quantitative estimate of drug-likeness (QED) is 0.578. The second kappa shape index (κ2) is 7.37. The smallest absolute Gasteiger partial charge is 0.387 e. The number of halogens is 3. The van der Waals surface area contributed by atoms with E-state index >= 15 is 0 Å². The van der Waals surface area contributed by atoms with Gasteiger partial charge in [0.2, 0.25) is 0 Å². The lowest BCUT2D eigenvalue weighted by molar-refractivity contribution is -0.140. The number of rotatable bonds is 5. The molecule has 0 atom stereocenters. The molecule has 122 valence electrons. The fourth-order valence-electron chi connectivity index (χ4n) is 1.75. The normalized spacial score (nSPS) is 16.5. The fourth-order valence-corrected chi connectivity index (χ4v) is 3.37. The number of carboxylic acids is 1. The number of nitrogens with zero attached hydrogens (tertiary/aromatic N) is 1. The van der Waals surface area contributed by atoms with Crippen LogP contribution in [0.4, 0.5) is 8.78 Å². The van der Waals surface area contributed by atoms with Gasteiger partial charge in [-0.3, -0.25) is 14.5 Å². The van der Waals surface area contributed by atoms with Gasteiger partial charge in [0, 0.05) is 10.0 Å². The Morgan fingerprint density at radius 1 is 1.52 bits per heavy atom. The zero-order valence-corrected chi connectivity index (χ0v) is 14.4. The van der Waals surface area contributed by atoms with Gasteiger partial charge in [-0.25, -0.2) is 0 Å². The van der Waals surface area contributed by atoms with Crippen molar-refractivity contribution < 1.29 is 28.2 Å². The van der Waals surface area contributed by atoms with Crippen molar-refractivity contribution in [3.05, 3.63) is 33.1 Å². The van der Waals surface area contributed by atoms with Crippen LogP contribution in [0.5, 0.6) is 5.75 Å². The predicted octanol–water partition coefficient (Wildman–Crippen LogP) is 3.34. The van der Waals surface area contributed by atoms with Crippen LogP contribution >= 0.6 is 39.9 Å². The Kier molecular flexibility index (Phi) is 5.71. The minimum atomic E-state index is -3.01. The van der Waals surface area contributed by atoms with Crippen LogP contribution in [0.2, 0.25) is 0 Å². The first-order valence-corrected chi connectivity index (χ1v) is 8.01. The molecule has 0 bridgehead atoms. The molecule has 0 saturated carbocycles. The Morgan fingerprint density at radius 2 is 2.22 bits per heavy atom. The van der Waals surface area contributed by atoms with Gasteiger partial charge in [-0.2, -0.15) is 8.78 Å². The summed E-state index contributed by atoms with van der Waals surface area (Å²) in [7, 11) is 0. The molecule has 2 rings (SSSR count). The molecule has 5 nitrogen and oxygen atoms in total. The molecule has 1 aliphatic heterocycles. The maximum atomic E-state index is 12.4. The monoisotopic (exact) mass is 423 g/mol. The topological polar surface area (TPSA) is 66.8 Å². The first-order valence-electron chi connectivity index (χ1n) is 5.99. The number of carbonyl (C=O) groups excluding carboxylic acids is 1. The lowest BCUT2D eigenvalue weighted by Crippen LogP contribution is -2.33. The number of alkyl halides is 2. The zero-order valence-electron chi connectivity index (χ0n) is 11.2. The van der Waals surface area contributed by atoms with Gasteiger partial charge >= 0.3 is 12.6 Å². The molecule has 1 N–H and O–H groups in total. The van der Waals surface area contributed by atoms with E-state index in [1.54, 1.807) is 0 Å². The standard InChI is InChI=1S/C13H8BrF2NO4S2/c14-7-1-2-8(21-12(15)16)6(3-7)4-9-11(20)17(5-10(18)19)13(22)23-9/h1-4,12H,5H2,(H,18,19)/b9-4+. The van der Waals surface area contributed by atoms with E-state index in [0.717, 1.165) is 16.7 Å². The number of hydrogen-bond donors (Lipinski definition) is 1. The van der Waals surface area contributed by atoms with Crippen LogP contribution in [0, 0.1) is 0 Å². The molecule has 1 aromatic rings. The summed E-state index contributed by atoms with van der Waals surface area (Å²) in [4.78, 5) is 24.0. The Bertz CT molecular complexity index is 711. The molecule has 10 heteroatoms. The van der Waals surface area contributed by atoms with E-state index in [9.17, 15) is 18.4 Å². The highest BCUT2D eigenvalue weighted by atomic mass is 79.9. The van der Waals surface area contributed by atoms with E-state index in [0.29, 0.717) is 4.47 Å². The van der Waals surface area contributed by atoms with Crippen LogP contribution < -0.4 is 4.74 Å². The lowest BCUT2D eigenvalue weighted by Gasteiger charge is -2.10. The van der Waals surface area contributed by atoms with Crippen molar-refractivity contribution in [3.8, 4) is 5.75 Å². The maximum absolute atomic E-state index is 12.4. The van der Waals surface area contributed by atoms with Crippen molar-refractivity contribution in [2.45, 2.75) is 6.61 Å². The van der Waals surface area contributed by atoms with Crippen molar-refractivity contribution in [1.82, 2.24) is 4.90 Å². The minimum absolute atomic E-state index is 0.0926. The van der Waals surface area contributed by atoms with Gasteiger partial charge < -0.3 is 9.84 Å². The summed E-state index contributed by atoms with van der Waals surface area (Å²) >= 11 is 9.07. The van der Waals surface area contributed by atoms with Crippen LogP contribution in [0.15, 0.2) is 27.6 Å². The average Bonchev–Trinajstić information content (AvgIpc) is 2.69. The van der Waals surface area contributed by atoms with Crippen LogP contribution in [-0.2, 0) is 9.59 Å². The molecule has 0 aliphatic carbocycles. The van der Waals surface area contributed by atoms with Gasteiger partial charge in [-0.1, -0.05) is 39.9 Å². The largest absolute Gasteiger partial charge is 0.480 e. The van der Waals surface area contributed by atoms with Gasteiger partial charge in [0.15, 0.2) is 0 Å². The van der Waals surface area contributed by atoms with Crippen molar-refractivity contribution in [2.75, 3.05) is 6.54 Å². The van der Waals surface area contributed by atoms with Crippen molar-refractivity contribution >= 4 is 62.2 Å². The second-order valence-electron chi connectivity index (χ2n) is 4.22. The number of amides is 1. The van der Waals surface area contributed by atoms with Gasteiger partial charge in [0.1, 0.15) is 16.6 Å². The SMILES string of the molecule is O=C(O)CN1C(=O)/C(=C\c2cc(Br)ccc2OC(F)F)SC1=S. The number of thioether (sulfide) groups is 1. The molecule has 0 aromatic heterocycles. The third kappa shape index (κ3) is 4.49. The molecular formula is C13H8BrF2NO4S2. The summed E-state index contributed by atoms with van der Waals surface area (Å²) in [6, 6.07) is 4.35. The summed E-state index contributed by atoms with van der Waals surface area (Å²) in [6.07, 6.45) is 1.34. The van der Waals surface area contributed by atoms with Crippen molar-refractivity contribution in [2.24, 2.45) is 0 Å². The van der Waals surface area contributed by atoms with Crippen LogP contribution in [-0.4, -0.2) is 39.4 Å². The van der Waals surface area contributed by atoms with Crippen LogP contribution in [0.25, 0.3) is 6.08 Å². The predicted molar refractivity (Wildman–Crippen MR) is 88.3 cm³/mol. The third-order valence-electron chi connectivity index (χ3n) is 2.64. The molecule has 1 amide bonds. The van der Waals surface area contributed by atoms with Crippen LogP contribution in [0.1, 0.15) is 5.56 Å². The number of hydrogen-bond acceptors (Lipinski definition) is 5. The lowest BCUT2D eigenvalue weighted by atomic mass is 10.2. The summed E-state index contributed by atoms with van der Waals surface area (Å²) in [5, 5.41) is 8.77. The third-order valence-corrected chi connectivity index (χ3v) is 4.51. The zero-order chi connectivity index (χ0) is 17.1. The molecule has 0 unspecified atom stereocenters. The first-order chi connectivity index (χ1) is 10.8. The summed E-state index contributed by atoms with van der Waals surface area (Å²) in [5.74, 6) is -1.90. The molecule has 0 spiro atoms. The molecule has 1 aliphatic rings. The van der Waals surface area contributed by atoms with Gasteiger partial charge in [-0.15, -0.1) is 0 Å². The summed E-state index contributed by atoms with van der Waals surface area (Å²) in [6.45, 7) is -3.56. The molecular weight excluding hydrogens is 416 g/mol. The van der Waals surface area contributed by atoms with Gasteiger partial charge in [0.25, 0.3) is 5.91 Å². The summed E-state index contributed by atoms with van der Waals surface area (Å²) in [5.41, 5.74) is 0.246. The molecule has 1 fully saturated rings. The molecule has 23 heavy (non-hydrogen) atoms.